The van der Waals surface area contributed by atoms with E-state index in [9.17, 15) is 0 Å². The molecule has 0 aromatic rings. The van der Waals surface area contributed by atoms with Crippen molar-refractivity contribution in [2.24, 2.45) is 0 Å². The first-order valence-corrected chi connectivity index (χ1v) is 2.02. The van der Waals surface area contributed by atoms with Gasteiger partial charge in [-0.05, 0) is 0 Å². The molecule has 7 heavy (non-hydrogen) atoms. The summed E-state index contributed by atoms with van der Waals surface area (Å²) in [4.78, 5) is 0. The van der Waals surface area contributed by atoms with Gasteiger partial charge in [-0.15, -0.1) is 17.0 Å². The van der Waals surface area contributed by atoms with Gasteiger partial charge in [0.1, 0.15) is 0 Å². The predicted molar refractivity (Wildman–Crippen MR) is 40.6 cm³/mol. The van der Waals surface area contributed by atoms with Crippen molar-refractivity contribution in [2.45, 2.75) is 19.8 Å². The van der Waals surface area contributed by atoms with Gasteiger partial charge in [0.15, 0.2) is 0 Å². The van der Waals surface area contributed by atoms with Crippen LogP contribution in [0.1, 0.15) is 19.8 Å². The standard InChI is InChI=1S/C3H5.C2H5.BrH.Mg/c1-2-3-1;1-2;;/h1H,2-3H2;1H2,2H3;1H;/q2*-1;;+2. The summed E-state index contributed by atoms with van der Waals surface area (Å²) in [6, 6.07) is 0. The van der Waals surface area contributed by atoms with Crippen molar-refractivity contribution in [1.82, 2.24) is 0 Å². The third-order valence-corrected chi connectivity index (χ3v) is 0.289. The fourth-order valence-electron chi connectivity index (χ4n) is 0. The van der Waals surface area contributed by atoms with Gasteiger partial charge < -0.3 is 13.3 Å². The van der Waals surface area contributed by atoms with Gasteiger partial charge in [0, 0.05) is 0 Å². The second kappa shape index (κ2) is 15.7. The molecule has 1 aliphatic rings. The zero-order valence-corrected chi connectivity index (χ0v) is 7.94. The fourth-order valence-corrected chi connectivity index (χ4v) is 0. The smallest absolute Gasteiger partial charge is 0.346 e. The number of hydrogen-bond acceptors (Lipinski definition) is 0. The Morgan fingerprint density at radius 2 is 1.43 bits per heavy atom. The quantitative estimate of drug-likeness (QED) is 0.390. The molecule has 0 N–H and O–H groups in total. The van der Waals surface area contributed by atoms with E-state index in [4.69, 9.17) is 0 Å². The van der Waals surface area contributed by atoms with Gasteiger partial charge >= 0.3 is 23.1 Å². The molecular weight excluding hydrogens is 164 g/mol. The summed E-state index contributed by atoms with van der Waals surface area (Å²) in [5, 5.41) is 0. The van der Waals surface area contributed by atoms with Crippen molar-refractivity contribution in [3.63, 3.8) is 0 Å². The topological polar surface area (TPSA) is 0 Å². The van der Waals surface area contributed by atoms with Crippen LogP contribution in [0.2, 0.25) is 0 Å². The molecule has 0 saturated heterocycles. The summed E-state index contributed by atoms with van der Waals surface area (Å²) in [6.45, 7) is 5.00. The number of rotatable bonds is 0. The normalized spacial score (nSPS) is 11.1. The maximum Gasteiger partial charge on any atom is 2.00 e. The van der Waals surface area contributed by atoms with E-state index in [0.717, 1.165) is 0 Å². The van der Waals surface area contributed by atoms with Crippen LogP contribution in [-0.2, 0) is 0 Å². The average Bonchev–Trinajstić information content (AvgIpc) is 2.19. The van der Waals surface area contributed by atoms with Crippen LogP contribution in [0.15, 0.2) is 0 Å². The van der Waals surface area contributed by atoms with Crippen LogP contribution in [-0.4, -0.2) is 23.1 Å². The van der Waals surface area contributed by atoms with Crippen LogP contribution in [0, 0.1) is 13.3 Å². The molecule has 2 heteroatoms. The van der Waals surface area contributed by atoms with Crippen LogP contribution in [0.4, 0.5) is 0 Å². The van der Waals surface area contributed by atoms with E-state index in [0.29, 0.717) is 0 Å². The molecule has 0 atom stereocenters. The largest absolute Gasteiger partial charge is 2.00 e. The first-order chi connectivity index (χ1) is 2.50. The number of halogens is 1. The van der Waals surface area contributed by atoms with Crippen molar-refractivity contribution < 1.29 is 0 Å². The SMILES string of the molecule is Br.[CH-]1CC1.[CH2-]C.[Mg+2]. The Labute approximate surface area is 73.0 Å². The van der Waals surface area contributed by atoms with E-state index in [-0.39, 0.29) is 40.0 Å². The Balaban J connectivity index is -0.0000000380. The van der Waals surface area contributed by atoms with Crippen molar-refractivity contribution in [1.29, 1.82) is 0 Å². The van der Waals surface area contributed by atoms with E-state index in [1.54, 1.807) is 6.92 Å². The second-order valence-electron chi connectivity index (χ2n) is 0.866. The van der Waals surface area contributed by atoms with Crippen LogP contribution in [0.25, 0.3) is 0 Å². The molecular formula is C5H11BrMg. The zero-order valence-electron chi connectivity index (χ0n) is 4.81. The molecule has 1 saturated carbocycles. The first-order valence-electron chi connectivity index (χ1n) is 2.02. The molecule has 0 radical (unpaired) electrons. The van der Waals surface area contributed by atoms with Gasteiger partial charge in [0.25, 0.3) is 0 Å². The van der Waals surface area contributed by atoms with Crippen LogP contribution in [0.5, 0.6) is 0 Å². The summed E-state index contributed by atoms with van der Waals surface area (Å²) >= 11 is 0. The number of hydrogen-bond donors (Lipinski definition) is 0. The Morgan fingerprint density at radius 1 is 1.29 bits per heavy atom. The molecule has 0 aromatic heterocycles. The molecule has 1 fully saturated rings. The third kappa shape index (κ3) is 39.5. The van der Waals surface area contributed by atoms with Crippen LogP contribution < -0.4 is 0 Å². The molecule has 0 heterocycles. The van der Waals surface area contributed by atoms with Crippen molar-refractivity contribution >= 4 is 40.0 Å². The molecule has 0 amide bonds. The van der Waals surface area contributed by atoms with Crippen molar-refractivity contribution in [3.05, 3.63) is 13.3 Å². The molecule has 40 valence electrons. The zero-order chi connectivity index (χ0) is 4.12. The van der Waals surface area contributed by atoms with Crippen LogP contribution in [0.3, 0.4) is 0 Å². The minimum Gasteiger partial charge on any atom is -0.346 e. The van der Waals surface area contributed by atoms with Crippen molar-refractivity contribution in [2.75, 3.05) is 0 Å². The van der Waals surface area contributed by atoms with E-state index < -0.39 is 0 Å². The maximum atomic E-state index is 3.25. The summed E-state index contributed by atoms with van der Waals surface area (Å²) in [7, 11) is 0. The average molecular weight is 175 g/mol. The molecule has 0 bridgehead atoms. The van der Waals surface area contributed by atoms with E-state index in [1.165, 1.54) is 12.8 Å². The molecule has 0 aliphatic heterocycles. The Morgan fingerprint density at radius 3 is 1.43 bits per heavy atom. The van der Waals surface area contributed by atoms with E-state index in [2.05, 4.69) is 13.3 Å². The third-order valence-electron chi connectivity index (χ3n) is 0.289. The van der Waals surface area contributed by atoms with E-state index in [1.807, 2.05) is 0 Å². The molecule has 0 nitrogen and oxygen atoms in total. The molecule has 1 rings (SSSR count). The monoisotopic (exact) mass is 174 g/mol. The minimum atomic E-state index is 0. The van der Waals surface area contributed by atoms with E-state index >= 15 is 0 Å². The summed E-state index contributed by atoms with van der Waals surface area (Å²) in [5.41, 5.74) is 0. The van der Waals surface area contributed by atoms with Crippen LogP contribution >= 0.6 is 17.0 Å². The van der Waals surface area contributed by atoms with Gasteiger partial charge in [-0.1, -0.05) is 0 Å². The fraction of sp³-hybridized carbons (Fsp3) is 0.600. The second-order valence-corrected chi connectivity index (χ2v) is 0.866. The Kier molecular flexibility index (Phi) is 35.2. The summed E-state index contributed by atoms with van der Waals surface area (Å²) in [6.07, 6.45) is 5.00. The van der Waals surface area contributed by atoms with Gasteiger partial charge in [-0.3, -0.25) is 0 Å². The molecule has 0 unspecified atom stereocenters. The summed E-state index contributed by atoms with van der Waals surface area (Å²) in [5.74, 6) is 0. The Bertz CT molecular complexity index is 12.8. The van der Waals surface area contributed by atoms with Gasteiger partial charge in [-0.2, -0.15) is 6.92 Å². The van der Waals surface area contributed by atoms with Crippen molar-refractivity contribution in [3.8, 4) is 0 Å². The first kappa shape index (κ1) is 15.7. The summed E-state index contributed by atoms with van der Waals surface area (Å²) < 4.78 is 0. The molecule has 0 spiro atoms. The Hall–Kier alpha value is 1.25. The van der Waals surface area contributed by atoms with Gasteiger partial charge in [0.05, 0.1) is 0 Å². The van der Waals surface area contributed by atoms with Gasteiger partial charge in [-0.25, -0.2) is 12.8 Å². The minimum absolute atomic E-state index is 0. The predicted octanol–water partition coefficient (Wildman–Crippen LogP) is 2.02. The van der Waals surface area contributed by atoms with Gasteiger partial charge in [0.2, 0.25) is 0 Å². The molecule has 0 aromatic carbocycles. The molecule has 1 aliphatic carbocycles. The maximum absolute atomic E-state index is 3.25.